The van der Waals surface area contributed by atoms with Crippen LogP contribution in [0.15, 0.2) is 24.3 Å². The number of hydrogen-bond acceptors (Lipinski definition) is 5. The van der Waals surface area contributed by atoms with E-state index < -0.39 is 16.3 Å². The number of nitrogens with two attached hydrogens (primary N) is 2. The van der Waals surface area contributed by atoms with Crippen molar-refractivity contribution < 1.29 is 13.2 Å². The lowest BCUT2D eigenvalue weighted by molar-refractivity contribution is -0.117. The first-order chi connectivity index (χ1) is 9.31. The summed E-state index contributed by atoms with van der Waals surface area (Å²) in [6.07, 6.45) is 2.51. The van der Waals surface area contributed by atoms with Crippen LogP contribution in [0.25, 0.3) is 0 Å². The molecule has 0 aliphatic rings. The van der Waals surface area contributed by atoms with Gasteiger partial charge in [-0.25, -0.2) is 5.14 Å². The first kappa shape index (κ1) is 16.8. The molecule has 1 aromatic carbocycles. The van der Waals surface area contributed by atoms with Gasteiger partial charge < -0.3 is 11.1 Å². The van der Waals surface area contributed by atoms with E-state index in [1.165, 1.54) is 12.1 Å². The lowest BCUT2D eigenvalue weighted by atomic mass is 10.2. The summed E-state index contributed by atoms with van der Waals surface area (Å²) < 4.78 is 24.0. The van der Waals surface area contributed by atoms with Gasteiger partial charge in [0.2, 0.25) is 5.91 Å². The van der Waals surface area contributed by atoms with Gasteiger partial charge in [0.05, 0.1) is 11.7 Å². The number of nitrogens with one attached hydrogen (secondary N) is 2. The molecule has 0 saturated heterocycles. The molecule has 9 heteroatoms. The van der Waals surface area contributed by atoms with Crippen molar-refractivity contribution in [3.05, 3.63) is 24.3 Å². The molecule has 1 rings (SSSR count). The Bertz CT molecular complexity index is 563. The molecule has 1 amide bonds. The van der Waals surface area contributed by atoms with E-state index in [1.54, 1.807) is 23.9 Å². The number of amides is 1. The topological polar surface area (TPSA) is 127 Å². The Morgan fingerprint density at radius 2 is 2.05 bits per heavy atom. The monoisotopic (exact) mass is 318 g/mol. The van der Waals surface area contributed by atoms with E-state index in [-0.39, 0.29) is 11.6 Å². The van der Waals surface area contributed by atoms with Gasteiger partial charge in [0.15, 0.2) is 0 Å². The quantitative estimate of drug-likeness (QED) is 0.576. The highest BCUT2D eigenvalue weighted by atomic mass is 32.2. The number of carbonyl (C=O) groups is 1. The van der Waals surface area contributed by atoms with Crippen LogP contribution in [0.4, 0.5) is 11.4 Å². The second-order valence-electron chi connectivity index (χ2n) is 4.11. The fourth-order valence-electron chi connectivity index (χ4n) is 1.44. The third kappa shape index (κ3) is 6.24. The Balaban J connectivity index is 2.68. The van der Waals surface area contributed by atoms with Gasteiger partial charge in [-0.15, -0.1) is 0 Å². The molecule has 0 spiro atoms. The van der Waals surface area contributed by atoms with E-state index in [0.717, 1.165) is 5.75 Å². The Kier molecular flexibility index (Phi) is 6.27. The highest BCUT2D eigenvalue weighted by molar-refractivity contribution is 7.98. The van der Waals surface area contributed by atoms with E-state index in [9.17, 15) is 13.2 Å². The van der Waals surface area contributed by atoms with Crippen LogP contribution in [0.2, 0.25) is 0 Å². The zero-order chi connectivity index (χ0) is 15.2. The highest BCUT2D eigenvalue weighted by Gasteiger charge is 2.13. The van der Waals surface area contributed by atoms with Crippen molar-refractivity contribution in [2.45, 2.75) is 12.5 Å². The van der Waals surface area contributed by atoms with Crippen molar-refractivity contribution in [3.8, 4) is 0 Å². The van der Waals surface area contributed by atoms with Crippen molar-refractivity contribution >= 4 is 39.3 Å². The van der Waals surface area contributed by atoms with Crippen LogP contribution in [0.1, 0.15) is 6.42 Å². The van der Waals surface area contributed by atoms with Gasteiger partial charge in [-0.3, -0.25) is 9.52 Å². The maximum atomic E-state index is 11.8. The summed E-state index contributed by atoms with van der Waals surface area (Å²) in [5.41, 5.74) is 6.45. The van der Waals surface area contributed by atoms with Gasteiger partial charge in [-0.2, -0.15) is 20.2 Å². The Labute approximate surface area is 122 Å². The SMILES string of the molecule is CSCC[C@@H](N)C(=O)Nc1cccc(NS(N)(=O)=O)c1. The standard InChI is InChI=1S/C11H18N4O3S2/c1-19-6-5-10(12)11(16)14-8-3-2-4-9(7-8)15-20(13,17)18/h2-4,7,10,15H,5-6,12H2,1H3,(H,14,16)(H2,13,17,18)/t10-/m1/s1. The van der Waals surface area contributed by atoms with Crippen LogP contribution in [0, 0.1) is 0 Å². The maximum absolute atomic E-state index is 11.8. The van der Waals surface area contributed by atoms with Crippen molar-refractivity contribution in [1.29, 1.82) is 0 Å². The summed E-state index contributed by atoms with van der Waals surface area (Å²) >= 11 is 1.61. The summed E-state index contributed by atoms with van der Waals surface area (Å²) in [5.74, 6) is 0.480. The fraction of sp³-hybridized carbons (Fsp3) is 0.364. The normalized spacial score (nSPS) is 12.8. The summed E-state index contributed by atoms with van der Waals surface area (Å²) in [7, 11) is -3.84. The molecule has 20 heavy (non-hydrogen) atoms. The van der Waals surface area contributed by atoms with Crippen LogP contribution in [0.3, 0.4) is 0 Å². The summed E-state index contributed by atoms with van der Waals surface area (Å²) in [4.78, 5) is 11.8. The van der Waals surface area contributed by atoms with Crippen LogP contribution in [0.5, 0.6) is 0 Å². The molecule has 0 aliphatic carbocycles. The molecule has 0 aliphatic heterocycles. The number of rotatable bonds is 7. The molecular formula is C11H18N4O3S2. The molecule has 1 aromatic rings. The largest absolute Gasteiger partial charge is 0.325 e. The van der Waals surface area contributed by atoms with Gasteiger partial charge in [0.1, 0.15) is 0 Å². The van der Waals surface area contributed by atoms with Gasteiger partial charge in [0.25, 0.3) is 10.2 Å². The molecule has 0 aromatic heterocycles. The number of hydrogen-bond donors (Lipinski definition) is 4. The Morgan fingerprint density at radius 1 is 1.40 bits per heavy atom. The molecule has 0 heterocycles. The average molecular weight is 318 g/mol. The lowest BCUT2D eigenvalue weighted by Crippen LogP contribution is -2.36. The molecular weight excluding hydrogens is 300 g/mol. The second kappa shape index (κ2) is 7.48. The van der Waals surface area contributed by atoms with Crippen molar-refractivity contribution in [2.75, 3.05) is 22.0 Å². The Hall–Kier alpha value is -1.29. The molecule has 7 nitrogen and oxygen atoms in total. The van der Waals surface area contributed by atoms with Crippen molar-refractivity contribution in [2.24, 2.45) is 10.9 Å². The summed E-state index contributed by atoms with van der Waals surface area (Å²) in [5, 5.41) is 7.50. The van der Waals surface area contributed by atoms with Crippen LogP contribution in [-0.4, -0.2) is 32.4 Å². The molecule has 0 unspecified atom stereocenters. The molecule has 6 N–H and O–H groups in total. The number of thioether (sulfide) groups is 1. The Morgan fingerprint density at radius 3 is 2.65 bits per heavy atom. The van der Waals surface area contributed by atoms with Crippen molar-refractivity contribution in [3.63, 3.8) is 0 Å². The predicted octanol–water partition coefficient (Wildman–Crippen LogP) is 0.321. The number of carbonyl (C=O) groups excluding carboxylic acids is 1. The van der Waals surface area contributed by atoms with E-state index in [4.69, 9.17) is 10.9 Å². The average Bonchev–Trinajstić information content (AvgIpc) is 2.34. The number of benzene rings is 1. The van der Waals surface area contributed by atoms with Gasteiger partial charge >= 0.3 is 0 Å². The van der Waals surface area contributed by atoms with Gasteiger partial charge in [0, 0.05) is 5.69 Å². The molecule has 112 valence electrons. The van der Waals surface area contributed by atoms with Crippen LogP contribution >= 0.6 is 11.8 Å². The van der Waals surface area contributed by atoms with Crippen molar-refractivity contribution in [1.82, 2.24) is 0 Å². The van der Waals surface area contributed by atoms with E-state index >= 15 is 0 Å². The second-order valence-corrected chi connectivity index (χ2v) is 6.38. The zero-order valence-electron chi connectivity index (χ0n) is 11.0. The van der Waals surface area contributed by atoms with Gasteiger partial charge in [-0.05, 0) is 36.6 Å². The third-order valence-electron chi connectivity index (χ3n) is 2.36. The lowest BCUT2D eigenvalue weighted by Gasteiger charge is -2.12. The van der Waals surface area contributed by atoms with E-state index in [1.807, 2.05) is 6.26 Å². The highest BCUT2D eigenvalue weighted by Crippen LogP contribution is 2.16. The minimum absolute atomic E-state index is 0.267. The molecule has 1 atom stereocenters. The molecule has 0 saturated carbocycles. The summed E-state index contributed by atoms with van der Waals surface area (Å²) in [6, 6.07) is 5.61. The fourth-order valence-corrected chi connectivity index (χ4v) is 2.38. The first-order valence-electron chi connectivity index (χ1n) is 5.78. The number of anilines is 2. The first-order valence-corrected chi connectivity index (χ1v) is 8.72. The smallest absolute Gasteiger partial charge is 0.296 e. The third-order valence-corrected chi connectivity index (χ3v) is 3.52. The molecule has 0 radical (unpaired) electrons. The minimum atomic E-state index is -3.84. The molecule has 0 bridgehead atoms. The van der Waals surface area contributed by atoms with Crippen LogP contribution < -0.4 is 20.9 Å². The maximum Gasteiger partial charge on any atom is 0.296 e. The van der Waals surface area contributed by atoms with E-state index in [0.29, 0.717) is 12.1 Å². The van der Waals surface area contributed by atoms with Gasteiger partial charge in [-0.1, -0.05) is 6.07 Å². The predicted molar refractivity (Wildman–Crippen MR) is 82.8 cm³/mol. The van der Waals surface area contributed by atoms with E-state index in [2.05, 4.69) is 10.0 Å². The van der Waals surface area contributed by atoms with Crippen LogP contribution in [-0.2, 0) is 15.0 Å². The molecule has 0 fully saturated rings. The summed E-state index contributed by atoms with van der Waals surface area (Å²) in [6.45, 7) is 0. The zero-order valence-corrected chi connectivity index (χ0v) is 12.6. The minimum Gasteiger partial charge on any atom is -0.325 e.